The Labute approximate surface area is 130 Å². The minimum atomic E-state index is 0.716. The fourth-order valence-corrected chi connectivity index (χ4v) is 3.05. The average Bonchev–Trinajstić information content (AvgIpc) is 2.55. The first kappa shape index (κ1) is 13.9. The molecule has 0 aliphatic carbocycles. The molecule has 3 rings (SSSR count). The van der Waals surface area contributed by atoms with E-state index in [0.29, 0.717) is 5.75 Å². The zero-order valence-corrected chi connectivity index (χ0v) is 12.9. The first-order valence-electron chi connectivity index (χ1n) is 6.86. The molecule has 0 fully saturated rings. The molecule has 1 aliphatic heterocycles. The number of para-hydroxylation sites is 1. The number of fused-ring (bicyclic) bond motifs is 1. The lowest BCUT2D eigenvalue weighted by molar-refractivity contribution is 0.354. The molecular formula is C17H17NO2S. The molecule has 0 bridgehead atoms. The van der Waals surface area contributed by atoms with Gasteiger partial charge in [-0.1, -0.05) is 30.4 Å². The maximum atomic E-state index is 5.68. The molecule has 0 N–H and O–H groups in total. The van der Waals surface area contributed by atoms with Crippen molar-refractivity contribution < 1.29 is 9.47 Å². The Bertz CT molecular complexity index is 670. The maximum Gasteiger partial charge on any atom is 0.161 e. The van der Waals surface area contributed by atoms with E-state index in [-0.39, 0.29) is 0 Å². The van der Waals surface area contributed by atoms with E-state index in [2.05, 4.69) is 17.0 Å². The smallest absolute Gasteiger partial charge is 0.161 e. The molecule has 1 aliphatic rings. The Balaban J connectivity index is 2.02. The summed E-state index contributed by atoms with van der Waals surface area (Å²) in [5, 5.41) is 0. The molecule has 3 nitrogen and oxygen atoms in total. The lowest BCUT2D eigenvalue weighted by Gasteiger charge is -2.31. The predicted molar refractivity (Wildman–Crippen MR) is 88.7 cm³/mol. The summed E-state index contributed by atoms with van der Waals surface area (Å²) in [7, 11) is 3.30. The van der Waals surface area contributed by atoms with Gasteiger partial charge in [0.15, 0.2) is 11.5 Å². The Morgan fingerprint density at radius 3 is 2.33 bits per heavy atom. The number of ether oxygens (including phenoxy) is 2. The third-order valence-electron chi connectivity index (χ3n) is 3.76. The standard InChI is InChI=1S/C17H17NO2S/c1-19-15-10-12-8-9-18(13-6-4-3-5-7-13)17(21)14(12)11-16(15)20-2/h3-7,10-11H,8-9H2,1-2H3. The first-order chi connectivity index (χ1) is 10.2. The van der Waals surface area contributed by atoms with Crippen molar-refractivity contribution in [1.29, 1.82) is 0 Å². The van der Waals surface area contributed by atoms with Gasteiger partial charge in [0.2, 0.25) is 0 Å². The van der Waals surface area contributed by atoms with E-state index in [1.165, 1.54) is 5.56 Å². The molecule has 21 heavy (non-hydrogen) atoms. The highest BCUT2D eigenvalue weighted by molar-refractivity contribution is 7.81. The molecule has 2 aromatic rings. The van der Waals surface area contributed by atoms with Crippen LogP contribution in [-0.2, 0) is 6.42 Å². The summed E-state index contributed by atoms with van der Waals surface area (Å²) in [6.07, 6.45) is 0.935. The van der Waals surface area contributed by atoms with E-state index < -0.39 is 0 Å². The van der Waals surface area contributed by atoms with Gasteiger partial charge in [-0.3, -0.25) is 0 Å². The highest BCUT2D eigenvalue weighted by Crippen LogP contribution is 2.34. The SMILES string of the molecule is COc1cc2c(cc1OC)C(=S)N(c1ccccc1)CC2. The number of rotatable bonds is 3. The van der Waals surface area contributed by atoms with Gasteiger partial charge in [0.25, 0.3) is 0 Å². The number of hydrogen-bond donors (Lipinski definition) is 0. The quantitative estimate of drug-likeness (QED) is 0.809. The van der Waals surface area contributed by atoms with Crippen molar-refractivity contribution in [1.82, 2.24) is 0 Å². The van der Waals surface area contributed by atoms with Crippen LogP contribution in [0.1, 0.15) is 11.1 Å². The summed E-state index contributed by atoms with van der Waals surface area (Å²) in [5.74, 6) is 1.47. The van der Waals surface area contributed by atoms with Gasteiger partial charge in [-0.15, -0.1) is 0 Å². The maximum absolute atomic E-state index is 5.68. The number of nitrogens with zero attached hydrogens (tertiary/aromatic N) is 1. The molecule has 2 aromatic carbocycles. The van der Waals surface area contributed by atoms with Crippen LogP contribution < -0.4 is 14.4 Å². The van der Waals surface area contributed by atoms with Crippen LogP contribution in [0.25, 0.3) is 0 Å². The predicted octanol–water partition coefficient (Wildman–Crippen LogP) is 3.44. The monoisotopic (exact) mass is 299 g/mol. The minimum Gasteiger partial charge on any atom is -0.493 e. The van der Waals surface area contributed by atoms with E-state index in [1.807, 2.05) is 30.3 Å². The van der Waals surface area contributed by atoms with Crippen LogP contribution >= 0.6 is 12.2 Å². The molecule has 4 heteroatoms. The summed E-state index contributed by atoms with van der Waals surface area (Å²) in [5.41, 5.74) is 3.39. The van der Waals surface area contributed by atoms with Gasteiger partial charge in [-0.05, 0) is 36.2 Å². The fraction of sp³-hybridized carbons (Fsp3) is 0.235. The molecule has 0 saturated heterocycles. The largest absolute Gasteiger partial charge is 0.493 e. The zero-order valence-electron chi connectivity index (χ0n) is 12.1. The van der Waals surface area contributed by atoms with E-state index >= 15 is 0 Å². The molecule has 0 radical (unpaired) electrons. The van der Waals surface area contributed by atoms with E-state index in [9.17, 15) is 0 Å². The molecule has 1 heterocycles. The highest BCUT2D eigenvalue weighted by Gasteiger charge is 2.24. The number of hydrogen-bond acceptors (Lipinski definition) is 3. The Hall–Kier alpha value is -2.07. The Kier molecular flexibility index (Phi) is 3.80. The van der Waals surface area contributed by atoms with Crippen LogP contribution in [0.2, 0.25) is 0 Å². The van der Waals surface area contributed by atoms with Crippen LogP contribution in [0.4, 0.5) is 5.69 Å². The van der Waals surface area contributed by atoms with Crippen molar-refractivity contribution in [3.8, 4) is 11.5 Å². The van der Waals surface area contributed by atoms with Gasteiger partial charge in [0, 0.05) is 17.8 Å². The number of thiocarbonyl (C=S) groups is 1. The molecule has 0 atom stereocenters. The van der Waals surface area contributed by atoms with Crippen LogP contribution in [0.3, 0.4) is 0 Å². The van der Waals surface area contributed by atoms with Crippen molar-refractivity contribution in [2.45, 2.75) is 6.42 Å². The topological polar surface area (TPSA) is 21.7 Å². The van der Waals surface area contributed by atoms with Crippen molar-refractivity contribution in [3.63, 3.8) is 0 Å². The van der Waals surface area contributed by atoms with Gasteiger partial charge in [-0.25, -0.2) is 0 Å². The number of anilines is 1. The summed E-state index contributed by atoms with van der Waals surface area (Å²) < 4.78 is 10.8. The molecular weight excluding hydrogens is 282 g/mol. The summed E-state index contributed by atoms with van der Waals surface area (Å²) >= 11 is 5.68. The van der Waals surface area contributed by atoms with Gasteiger partial charge >= 0.3 is 0 Å². The van der Waals surface area contributed by atoms with Gasteiger partial charge in [-0.2, -0.15) is 0 Å². The third-order valence-corrected chi connectivity index (χ3v) is 4.20. The van der Waals surface area contributed by atoms with Gasteiger partial charge < -0.3 is 14.4 Å². The van der Waals surface area contributed by atoms with E-state index in [0.717, 1.165) is 35.0 Å². The van der Waals surface area contributed by atoms with Crippen molar-refractivity contribution in [2.24, 2.45) is 0 Å². The molecule has 0 unspecified atom stereocenters. The second-order valence-corrected chi connectivity index (χ2v) is 5.29. The summed E-state index contributed by atoms with van der Waals surface area (Å²) in [4.78, 5) is 3.01. The molecule has 108 valence electrons. The lowest BCUT2D eigenvalue weighted by Crippen LogP contribution is -2.36. The Morgan fingerprint density at radius 2 is 1.67 bits per heavy atom. The lowest BCUT2D eigenvalue weighted by atomic mass is 9.98. The Morgan fingerprint density at radius 1 is 1.00 bits per heavy atom. The molecule has 0 amide bonds. The average molecular weight is 299 g/mol. The summed E-state index contributed by atoms with van der Waals surface area (Å²) in [6.45, 7) is 0.880. The van der Waals surface area contributed by atoms with Crippen molar-refractivity contribution in [3.05, 3.63) is 53.6 Å². The number of benzene rings is 2. The molecule has 0 spiro atoms. The summed E-state index contributed by atoms with van der Waals surface area (Å²) in [6, 6.07) is 14.2. The first-order valence-corrected chi connectivity index (χ1v) is 7.27. The van der Waals surface area contributed by atoms with Crippen LogP contribution in [0.5, 0.6) is 11.5 Å². The third kappa shape index (κ3) is 2.47. The number of methoxy groups -OCH3 is 2. The van der Waals surface area contributed by atoms with Crippen LogP contribution in [-0.4, -0.2) is 25.8 Å². The van der Waals surface area contributed by atoms with Gasteiger partial charge in [0.05, 0.1) is 14.2 Å². The van der Waals surface area contributed by atoms with E-state index in [1.54, 1.807) is 14.2 Å². The normalized spacial score (nSPS) is 13.8. The second kappa shape index (κ2) is 5.74. The molecule has 0 aromatic heterocycles. The fourth-order valence-electron chi connectivity index (χ4n) is 2.66. The molecule has 0 saturated carbocycles. The van der Waals surface area contributed by atoms with E-state index in [4.69, 9.17) is 21.7 Å². The van der Waals surface area contributed by atoms with Gasteiger partial charge in [0.1, 0.15) is 4.99 Å². The van der Waals surface area contributed by atoms with Crippen molar-refractivity contribution >= 4 is 22.9 Å². The second-order valence-electron chi connectivity index (χ2n) is 4.91. The zero-order chi connectivity index (χ0) is 14.8. The highest BCUT2D eigenvalue weighted by atomic mass is 32.1. The van der Waals surface area contributed by atoms with Crippen molar-refractivity contribution in [2.75, 3.05) is 25.7 Å². The minimum absolute atomic E-state index is 0.716. The van der Waals surface area contributed by atoms with Crippen LogP contribution in [0.15, 0.2) is 42.5 Å². The van der Waals surface area contributed by atoms with Crippen LogP contribution in [0, 0.1) is 0 Å².